The van der Waals surface area contributed by atoms with E-state index in [1.165, 1.54) is 12.8 Å². The van der Waals surface area contributed by atoms with E-state index in [1.807, 2.05) is 18.2 Å². The van der Waals surface area contributed by atoms with Gasteiger partial charge in [-0.2, -0.15) is 0 Å². The van der Waals surface area contributed by atoms with Crippen LogP contribution in [0.25, 0.3) is 0 Å². The number of benzene rings is 1. The minimum Gasteiger partial charge on any atom is -0.484 e. The van der Waals surface area contributed by atoms with Crippen molar-refractivity contribution < 1.29 is 9.53 Å². The highest BCUT2D eigenvalue weighted by Gasteiger charge is 2.27. The molecule has 1 N–H and O–H groups in total. The maximum atomic E-state index is 12.5. The van der Waals surface area contributed by atoms with Gasteiger partial charge >= 0.3 is 0 Å². The lowest BCUT2D eigenvalue weighted by Gasteiger charge is -2.33. The first-order chi connectivity index (χ1) is 10.4. The van der Waals surface area contributed by atoms with E-state index in [0.29, 0.717) is 6.54 Å². The first-order valence-corrected chi connectivity index (χ1v) is 8.25. The molecule has 120 valence electrons. The molecule has 0 bridgehead atoms. The number of carbonyl (C=O) groups is 1. The minimum absolute atomic E-state index is 0.198. The molecule has 4 heteroatoms. The monoisotopic (exact) mass is 302 g/mol. The lowest BCUT2D eigenvalue weighted by atomic mass is 9.98. The summed E-state index contributed by atoms with van der Waals surface area (Å²) in [5.41, 5.74) is 1.49. The van der Waals surface area contributed by atoms with Crippen LogP contribution >= 0.6 is 0 Å². The molecule has 0 amide bonds. The Labute approximate surface area is 132 Å². The van der Waals surface area contributed by atoms with Crippen molar-refractivity contribution >= 4 is 11.5 Å². The first kappa shape index (κ1) is 15.3. The highest BCUT2D eigenvalue weighted by atomic mass is 16.5. The molecular formula is C18H26N2O2. The summed E-state index contributed by atoms with van der Waals surface area (Å²) in [6.07, 6.45) is 2.39. The van der Waals surface area contributed by atoms with Crippen LogP contribution in [0.1, 0.15) is 44.0 Å². The average Bonchev–Trinajstić information content (AvgIpc) is 2.48. The summed E-state index contributed by atoms with van der Waals surface area (Å²) in [5.74, 6) is 1.82. The predicted molar refractivity (Wildman–Crippen MR) is 88.8 cm³/mol. The molecule has 0 atom stereocenters. The second-order valence-electron chi connectivity index (χ2n) is 7.31. The molecule has 0 unspecified atom stereocenters. The van der Waals surface area contributed by atoms with Gasteiger partial charge in [-0.05, 0) is 63.9 Å². The van der Waals surface area contributed by atoms with Crippen molar-refractivity contribution in [2.45, 2.75) is 39.2 Å². The number of fused-ring (bicyclic) bond motifs is 1. The molecule has 2 aliphatic heterocycles. The fourth-order valence-electron chi connectivity index (χ4n) is 3.09. The zero-order valence-electron chi connectivity index (χ0n) is 13.8. The fourth-order valence-corrected chi connectivity index (χ4v) is 3.09. The van der Waals surface area contributed by atoms with Gasteiger partial charge in [-0.15, -0.1) is 0 Å². The molecule has 0 saturated carbocycles. The third-order valence-corrected chi connectivity index (χ3v) is 4.64. The smallest absolute Gasteiger partial charge is 0.176 e. The van der Waals surface area contributed by atoms with Gasteiger partial charge in [0.2, 0.25) is 0 Å². The number of ether oxygens (including phenoxy) is 1. The molecule has 0 spiro atoms. The Morgan fingerprint density at radius 2 is 2.09 bits per heavy atom. The van der Waals surface area contributed by atoms with Gasteiger partial charge in [0, 0.05) is 5.56 Å². The summed E-state index contributed by atoms with van der Waals surface area (Å²) in [5, 5.41) is 3.37. The van der Waals surface area contributed by atoms with Crippen LogP contribution in [0.4, 0.5) is 5.69 Å². The van der Waals surface area contributed by atoms with E-state index in [-0.39, 0.29) is 11.4 Å². The summed E-state index contributed by atoms with van der Waals surface area (Å²) in [6, 6.07) is 5.73. The SMILES string of the molecule is CC1CCN(CC(=O)c2ccc3c(c2)NCC(C)(C)O3)CC1. The van der Waals surface area contributed by atoms with E-state index in [1.54, 1.807) is 0 Å². The molecule has 1 aromatic rings. The van der Waals surface area contributed by atoms with Crippen LogP contribution in [0.5, 0.6) is 5.75 Å². The number of likely N-dealkylation sites (tertiary alicyclic amines) is 1. The standard InChI is InChI=1S/C18H26N2O2/c1-13-6-8-20(9-7-13)11-16(21)14-4-5-17-15(10-14)19-12-18(2,3)22-17/h4-5,10,13,19H,6-9,11-12H2,1-3H3. The Bertz CT molecular complexity index is 560. The number of hydrogen-bond donors (Lipinski definition) is 1. The number of rotatable bonds is 3. The Balaban J connectivity index is 1.66. The summed E-state index contributed by atoms with van der Waals surface area (Å²) in [4.78, 5) is 14.8. The molecule has 2 aliphatic rings. The quantitative estimate of drug-likeness (QED) is 0.871. The maximum absolute atomic E-state index is 12.5. The van der Waals surface area contributed by atoms with Crippen LogP contribution in [0.15, 0.2) is 18.2 Å². The topological polar surface area (TPSA) is 41.6 Å². The van der Waals surface area contributed by atoms with Crippen molar-refractivity contribution in [3.8, 4) is 5.75 Å². The normalized spacial score (nSPS) is 21.6. The second kappa shape index (κ2) is 5.92. The van der Waals surface area contributed by atoms with Crippen LogP contribution in [-0.2, 0) is 0 Å². The number of carbonyl (C=O) groups excluding carboxylic acids is 1. The fraction of sp³-hybridized carbons (Fsp3) is 0.611. The molecule has 22 heavy (non-hydrogen) atoms. The average molecular weight is 302 g/mol. The molecule has 1 saturated heterocycles. The Morgan fingerprint density at radius 3 is 2.82 bits per heavy atom. The van der Waals surface area contributed by atoms with Crippen LogP contribution in [-0.4, -0.2) is 42.5 Å². The second-order valence-corrected chi connectivity index (χ2v) is 7.31. The van der Waals surface area contributed by atoms with E-state index in [4.69, 9.17) is 4.74 Å². The van der Waals surface area contributed by atoms with Gasteiger partial charge in [-0.25, -0.2) is 0 Å². The van der Waals surface area contributed by atoms with Gasteiger partial charge in [0.1, 0.15) is 11.4 Å². The van der Waals surface area contributed by atoms with Gasteiger partial charge in [0.25, 0.3) is 0 Å². The first-order valence-electron chi connectivity index (χ1n) is 8.25. The lowest BCUT2D eigenvalue weighted by Crippen LogP contribution is -2.40. The van der Waals surface area contributed by atoms with Crippen molar-refractivity contribution in [3.63, 3.8) is 0 Å². The van der Waals surface area contributed by atoms with Crippen molar-refractivity contribution in [3.05, 3.63) is 23.8 Å². The zero-order valence-corrected chi connectivity index (χ0v) is 13.8. The molecule has 2 heterocycles. The minimum atomic E-state index is -0.205. The van der Waals surface area contributed by atoms with E-state index in [9.17, 15) is 4.79 Å². The maximum Gasteiger partial charge on any atom is 0.176 e. The molecule has 0 aromatic heterocycles. The summed E-state index contributed by atoms with van der Waals surface area (Å²) >= 11 is 0. The zero-order chi connectivity index (χ0) is 15.7. The summed E-state index contributed by atoms with van der Waals surface area (Å²) in [7, 11) is 0. The van der Waals surface area contributed by atoms with Gasteiger partial charge < -0.3 is 10.1 Å². The van der Waals surface area contributed by atoms with Gasteiger partial charge in [-0.3, -0.25) is 9.69 Å². The molecule has 1 fully saturated rings. The van der Waals surface area contributed by atoms with Crippen LogP contribution < -0.4 is 10.1 Å². The van der Waals surface area contributed by atoms with Crippen LogP contribution in [0.3, 0.4) is 0 Å². The molecule has 1 aromatic carbocycles. The Hall–Kier alpha value is -1.55. The molecule has 0 aliphatic carbocycles. The highest BCUT2D eigenvalue weighted by molar-refractivity contribution is 5.98. The van der Waals surface area contributed by atoms with Crippen LogP contribution in [0, 0.1) is 5.92 Å². The van der Waals surface area contributed by atoms with E-state index >= 15 is 0 Å². The number of piperidine rings is 1. The largest absolute Gasteiger partial charge is 0.484 e. The van der Waals surface area contributed by atoms with E-state index < -0.39 is 0 Å². The van der Waals surface area contributed by atoms with Crippen molar-refractivity contribution in [1.82, 2.24) is 4.90 Å². The highest BCUT2D eigenvalue weighted by Crippen LogP contribution is 2.33. The molecule has 3 rings (SSSR count). The van der Waals surface area contributed by atoms with E-state index in [2.05, 4.69) is 31.0 Å². The van der Waals surface area contributed by atoms with Gasteiger partial charge in [-0.1, -0.05) is 6.92 Å². The number of hydrogen-bond acceptors (Lipinski definition) is 4. The summed E-state index contributed by atoms with van der Waals surface area (Å²) < 4.78 is 5.93. The molecular weight excluding hydrogens is 276 g/mol. The number of nitrogens with zero attached hydrogens (tertiary/aromatic N) is 1. The Morgan fingerprint density at radius 1 is 1.36 bits per heavy atom. The number of Topliss-reactive ketones (excluding diaryl/α,β-unsaturated/α-hetero) is 1. The predicted octanol–water partition coefficient (Wildman–Crippen LogP) is 3.18. The molecule has 0 radical (unpaired) electrons. The lowest BCUT2D eigenvalue weighted by molar-refractivity contribution is 0.0899. The van der Waals surface area contributed by atoms with Crippen molar-refractivity contribution in [1.29, 1.82) is 0 Å². The number of anilines is 1. The third-order valence-electron chi connectivity index (χ3n) is 4.64. The van der Waals surface area contributed by atoms with Gasteiger partial charge in [0.15, 0.2) is 5.78 Å². The van der Waals surface area contributed by atoms with Crippen LogP contribution in [0.2, 0.25) is 0 Å². The molecule has 4 nitrogen and oxygen atoms in total. The number of nitrogens with one attached hydrogen (secondary N) is 1. The van der Waals surface area contributed by atoms with Crippen molar-refractivity contribution in [2.75, 3.05) is 31.5 Å². The van der Waals surface area contributed by atoms with Crippen molar-refractivity contribution in [2.24, 2.45) is 5.92 Å². The Kier molecular flexibility index (Phi) is 4.13. The van der Waals surface area contributed by atoms with E-state index in [0.717, 1.165) is 42.6 Å². The van der Waals surface area contributed by atoms with Gasteiger partial charge in [0.05, 0.1) is 18.8 Å². The third kappa shape index (κ3) is 3.43. The number of ketones is 1. The summed E-state index contributed by atoms with van der Waals surface area (Å²) in [6.45, 7) is 9.74.